The Morgan fingerprint density at radius 2 is 1.77 bits per heavy atom. The number of aromatic nitrogens is 1. The summed E-state index contributed by atoms with van der Waals surface area (Å²) < 4.78 is 2.13. The van der Waals surface area contributed by atoms with Gasteiger partial charge in [-0.15, -0.1) is 0 Å². The molecule has 0 amide bonds. The molecule has 1 heterocycles. The van der Waals surface area contributed by atoms with Gasteiger partial charge in [0.15, 0.2) is 0 Å². The van der Waals surface area contributed by atoms with Crippen LogP contribution in [-0.4, -0.2) is 21.2 Å². The maximum atomic E-state index is 11.7. The van der Waals surface area contributed by atoms with E-state index in [0.717, 1.165) is 24.1 Å². The maximum Gasteiger partial charge on any atom is 0.204 e. The maximum absolute atomic E-state index is 11.7. The van der Waals surface area contributed by atoms with Gasteiger partial charge in [-0.1, -0.05) is 12.1 Å². The fourth-order valence-corrected chi connectivity index (χ4v) is 3.00. The number of carbonyl (C=O) groups is 2. The minimum atomic E-state index is -0.279. The second kappa shape index (κ2) is 5.79. The van der Waals surface area contributed by atoms with Crippen molar-refractivity contribution < 1.29 is 14.7 Å². The van der Waals surface area contributed by atoms with Crippen molar-refractivity contribution in [3.05, 3.63) is 53.3 Å². The quantitative estimate of drug-likeness (QED) is 0.883. The molecule has 0 radical (unpaired) electrons. The zero-order chi connectivity index (χ0) is 15.7. The lowest BCUT2D eigenvalue weighted by Gasteiger charge is -2.20. The first-order chi connectivity index (χ1) is 10.5. The van der Waals surface area contributed by atoms with Crippen molar-refractivity contribution in [2.45, 2.75) is 38.6 Å². The highest BCUT2D eigenvalue weighted by Crippen LogP contribution is 2.25. The van der Waals surface area contributed by atoms with Crippen LogP contribution in [0.4, 0.5) is 0 Å². The van der Waals surface area contributed by atoms with Gasteiger partial charge in [-0.2, -0.15) is 0 Å². The average Bonchev–Trinajstić information content (AvgIpc) is 2.90. The lowest BCUT2D eigenvalue weighted by molar-refractivity contribution is -0.136. The molecular weight excluding hydrogens is 278 g/mol. The summed E-state index contributed by atoms with van der Waals surface area (Å²) in [6, 6.07) is 9.46. The number of benzene rings is 1. The van der Waals surface area contributed by atoms with Crippen LogP contribution in [0.25, 0.3) is 0 Å². The summed E-state index contributed by atoms with van der Waals surface area (Å²) in [6.07, 6.45) is 4.30. The fraction of sp³-hybridized carbons (Fsp3) is 0.333. The molecule has 0 aliphatic heterocycles. The molecule has 3 rings (SSSR count). The van der Waals surface area contributed by atoms with Gasteiger partial charge in [0, 0.05) is 24.4 Å². The average molecular weight is 297 g/mol. The minimum Gasteiger partial charge on any atom is -0.508 e. The van der Waals surface area contributed by atoms with E-state index in [1.807, 2.05) is 24.4 Å². The van der Waals surface area contributed by atoms with E-state index in [1.165, 1.54) is 5.56 Å². The van der Waals surface area contributed by atoms with E-state index < -0.39 is 0 Å². The highest BCUT2D eigenvalue weighted by molar-refractivity contribution is 6.39. The van der Waals surface area contributed by atoms with Crippen LogP contribution in [-0.2, 0) is 28.9 Å². The zero-order valence-corrected chi connectivity index (χ0v) is 12.6. The molecule has 1 N–H and O–H groups in total. The topological polar surface area (TPSA) is 59.3 Å². The van der Waals surface area contributed by atoms with Crippen molar-refractivity contribution in [2.75, 3.05) is 0 Å². The summed E-state index contributed by atoms with van der Waals surface area (Å²) in [5.41, 5.74) is 3.15. The predicted octanol–water partition coefficient (Wildman–Crippen LogP) is 2.62. The third kappa shape index (κ3) is 2.82. The van der Waals surface area contributed by atoms with Gasteiger partial charge in [0.25, 0.3) is 0 Å². The molecule has 22 heavy (non-hydrogen) atoms. The first-order valence-electron chi connectivity index (χ1n) is 7.57. The monoisotopic (exact) mass is 297 g/mol. The largest absolute Gasteiger partial charge is 0.508 e. The van der Waals surface area contributed by atoms with E-state index in [1.54, 1.807) is 12.1 Å². The Balaban J connectivity index is 1.71. The van der Waals surface area contributed by atoms with E-state index in [-0.39, 0.29) is 36.2 Å². The second-order valence-electron chi connectivity index (χ2n) is 5.95. The molecule has 0 bridgehead atoms. The molecular formula is C18H19NO3. The first-order valence-corrected chi connectivity index (χ1v) is 7.57. The van der Waals surface area contributed by atoms with Gasteiger partial charge in [-0.3, -0.25) is 9.59 Å². The Hall–Kier alpha value is -2.36. The standard InChI is InChI=1S/C18H19NO3/c1-12(2-3-13-4-6-15(20)7-5-13)19-9-8-14-10-17(21)18(22)11-16(14)19/h4-9,12,20H,2-3,10-11H2,1H3. The van der Waals surface area contributed by atoms with Crippen LogP contribution in [0.1, 0.15) is 36.2 Å². The molecule has 2 aromatic rings. The summed E-state index contributed by atoms with van der Waals surface area (Å²) in [5.74, 6) is -0.278. The van der Waals surface area contributed by atoms with E-state index >= 15 is 0 Å². The number of rotatable bonds is 4. The Kier molecular flexibility index (Phi) is 3.84. The molecule has 0 saturated carbocycles. The minimum absolute atomic E-state index is 0.227. The lowest BCUT2D eigenvalue weighted by Crippen LogP contribution is -2.26. The number of ketones is 2. The number of phenolic OH excluding ortho intramolecular Hbond substituents is 1. The molecule has 1 aromatic carbocycles. The molecule has 0 fully saturated rings. The number of fused-ring (bicyclic) bond motifs is 1. The Labute approximate surface area is 129 Å². The zero-order valence-electron chi connectivity index (χ0n) is 12.6. The van der Waals surface area contributed by atoms with Crippen molar-refractivity contribution in [1.82, 2.24) is 4.57 Å². The van der Waals surface area contributed by atoms with Crippen LogP contribution >= 0.6 is 0 Å². The molecule has 1 aromatic heterocycles. The van der Waals surface area contributed by atoms with Crippen LogP contribution in [0.15, 0.2) is 36.5 Å². The molecule has 1 aliphatic carbocycles. The molecule has 0 spiro atoms. The van der Waals surface area contributed by atoms with E-state index in [0.29, 0.717) is 0 Å². The van der Waals surface area contributed by atoms with Crippen molar-refractivity contribution in [3.63, 3.8) is 0 Å². The number of hydrogen-bond acceptors (Lipinski definition) is 3. The van der Waals surface area contributed by atoms with Crippen LogP contribution in [0.2, 0.25) is 0 Å². The van der Waals surface area contributed by atoms with Crippen molar-refractivity contribution in [2.24, 2.45) is 0 Å². The lowest BCUT2D eigenvalue weighted by atomic mass is 9.95. The first kappa shape index (κ1) is 14.6. The Bertz CT molecular complexity index is 712. The number of phenols is 1. The molecule has 0 saturated heterocycles. The molecule has 4 heteroatoms. The fourth-order valence-electron chi connectivity index (χ4n) is 3.00. The number of hydrogen-bond donors (Lipinski definition) is 1. The molecule has 1 aliphatic rings. The summed E-state index contributed by atoms with van der Waals surface area (Å²) in [6.45, 7) is 2.13. The van der Waals surface area contributed by atoms with Gasteiger partial charge in [-0.25, -0.2) is 0 Å². The van der Waals surface area contributed by atoms with Crippen LogP contribution < -0.4 is 0 Å². The SMILES string of the molecule is CC(CCc1ccc(O)cc1)n1ccc2c1CC(=O)C(=O)C2. The van der Waals surface area contributed by atoms with Gasteiger partial charge < -0.3 is 9.67 Å². The van der Waals surface area contributed by atoms with Gasteiger partial charge in [0.05, 0.1) is 6.42 Å². The van der Waals surface area contributed by atoms with Gasteiger partial charge in [0.1, 0.15) is 5.75 Å². The summed E-state index contributed by atoms with van der Waals surface area (Å²) in [7, 11) is 0. The third-order valence-electron chi connectivity index (χ3n) is 4.37. The molecule has 4 nitrogen and oxygen atoms in total. The number of Topliss-reactive ketones (excluding diaryl/α,β-unsaturated/α-hetero) is 2. The van der Waals surface area contributed by atoms with Crippen LogP contribution in [0.5, 0.6) is 5.75 Å². The second-order valence-corrected chi connectivity index (χ2v) is 5.95. The number of carbonyl (C=O) groups excluding carboxylic acids is 2. The van der Waals surface area contributed by atoms with Gasteiger partial charge in [0.2, 0.25) is 11.6 Å². The Morgan fingerprint density at radius 1 is 1.09 bits per heavy atom. The summed E-state index contributed by atoms with van der Waals surface area (Å²) in [5, 5.41) is 9.30. The molecule has 1 unspecified atom stereocenters. The highest BCUT2D eigenvalue weighted by atomic mass is 16.3. The molecule has 114 valence electrons. The van der Waals surface area contributed by atoms with Crippen molar-refractivity contribution in [3.8, 4) is 5.75 Å². The smallest absolute Gasteiger partial charge is 0.204 e. The highest BCUT2D eigenvalue weighted by Gasteiger charge is 2.27. The van der Waals surface area contributed by atoms with Gasteiger partial charge in [-0.05, 0) is 49.1 Å². The van der Waals surface area contributed by atoms with Crippen LogP contribution in [0, 0.1) is 0 Å². The van der Waals surface area contributed by atoms with Crippen molar-refractivity contribution >= 4 is 11.6 Å². The normalized spacial score (nSPS) is 15.7. The van der Waals surface area contributed by atoms with Gasteiger partial charge >= 0.3 is 0 Å². The number of aryl methyl sites for hydroxylation is 1. The summed E-state index contributed by atoms with van der Waals surface area (Å²) >= 11 is 0. The van der Waals surface area contributed by atoms with Crippen LogP contribution in [0.3, 0.4) is 0 Å². The Morgan fingerprint density at radius 3 is 2.50 bits per heavy atom. The number of aromatic hydroxyl groups is 1. The van der Waals surface area contributed by atoms with E-state index in [4.69, 9.17) is 0 Å². The van der Waals surface area contributed by atoms with E-state index in [9.17, 15) is 14.7 Å². The predicted molar refractivity (Wildman–Crippen MR) is 83.0 cm³/mol. The summed E-state index contributed by atoms with van der Waals surface area (Å²) in [4.78, 5) is 23.1. The number of nitrogens with zero attached hydrogens (tertiary/aromatic N) is 1. The molecule has 1 atom stereocenters. The van der Waals surface area contributed by atoms with E-state index in [2.05, 4.69) is 11.5 Å². The van der Waals surface area contributed by atoms with Crippen molar-refractivity contribution in [1.29, 1.82) is 0 Å². The third-order valence-corrected chi connectivity index (χ3v) is 4.37.